The van der Waals surface area contributed by atoms with Crippen molar-refractivity contribution in [1.29, 1.82) is 0 Å². The monoisotopic (exact) mass is 335 g/mol. The van der Waals surface area contributed by atoms with Crippen LogP contribution >= 0.6 is 0 Å². The van der Waals surface area contributed by atoms with Crippen LogP contribution in [0.5, 0.6) is 11.5 Å². The number of hydrogen-bond donors (Lipinski definition) is 1. The van der Waals surface area contributed by atoms with Crippen molar-refractivity contribution in [1.82, 2.24) is 14.3 Å². The molecule has 1 heterocycles. The van der Waals surface area contributed by atoms with Crippen LogP contribution in [0.25, 0.3) is 5.69 Å². The summed E-state index contributed by atoms with van der Waals surface area (Å²) in [6.45, 7) is 1.86. The largest absolute Gasteiger partial charge is 0.493 e. The van der Waals surface area contributed by atoms with E-state index in [0.29, 0.717) is 17.9 Å². The predicted molar refractivity (Wildman–Crippen MR) is 84.4 cm³/mol. The van der Waals surface area contributed by atoms with Gasteiger partial charge in [-0.15, -0.1) is 0 Å². The smallest absolute Gasteiger partial charge is 0.362 e. The average Bonchev–Trinajstić information content (AvgIpc) is 2.57. The van der Waals surface area contributed by atoms with Gasteiger partial charge in [0.05, 0.1) is 19.9 Å². The zero-order chi connectivity index (χ0) is 17.9. The SMILES string of the molecule is CCCn1c(=O)c(C(=O)O)nn(-c2ccc(OC)c(OC)c2)c1=O. The molecular formula is C15H17N3O6. The Hall–Kier alpha value is -3.10. The van der Waals surface area contributed by atoms with Gasteiger partial charge in [0.15, 0.2) is 11.5 Å². The molecule has 0 atom stereocenters. The predicted octanol–water partition coefficient (Wildman–Crippen LogP) is 0.520. The Kier molecular flexibility index (Phi) is 5.02. The molecule has 0 spiro atoms. The third-order valence-corrected chi connectivity index (χ3v) is 3.32. The molecule has 0 aliphatic rings. The van der Waals surface area contributed by atoms with Gasteiger partial charge in [-0.1, -0.05) is 6.92 Å². The minimum atomic E-state index is -1.50. The van der Waals surface area contributed by atoms with Gasteiger partial charge >= 0.3 is 11.7 Å². The number of benzene rings is 1. The summed E-state index contributed by atoms with van der Waals surface area (Å²) >= 11 is 0. The molecule has 1 aromatic carbocycles. The Labute approximate surface area is 136 Å². The number of carboxylic acids is 1. The summed E-state index contributed by atoms with van der Waals surface area (Å²) in [7, 11) is 2.89. The maximum atomic E-state index is 12.5. The molecule has 0 aliphatic heterocycles. The minimum Gasteiger partial charge on any atom is -0.493 e. The van der Waals surface area contributed by atoms with Crippen molar-refractivity contribution in [2.24, 2.45) is 0 Å². The summed E-state index contributed by atoms with van der Waals surface area (Å²) in [6, 6.07) is 4.54. The van der Waals surface area contributed by atoms with E-state index < -0.39 is 22.9 Å². The van der Waals surface area contributed by atoms with Gasteiger partial charge in [0, 0.05) is 12.6 Å². The van der Waals surface area contributed by atoms with Crippen molar-refractivity contribution in [2.45, 2.75) is 19.9 Å². The van der Waals surface area contributed by atoms with Crippen LogP contribution in [0, 0.1) is 0 Å². The first-order valence-electron chi connectivity index (χ1n) is 7.14. The number of rotatable bonds is 6. The quantitative estimate of drug-likeness (QED) is 0.819. The van der Waals surface area contributed by atoms with E-state index in [9.17, 15) is 14.4 Å². The molecule has 24 heavy (non-hydrogen) atoms. The second-order valence-electron chi connectivity index (χ2n) is 4.84. The summed E-state index contributed by atoms with van der Waals surface area (Å²) in [5.74, 6) is -0.720. The van der Waals surface area contributed by atoms with E-state index in [4.69, 9.17) is 14.6 Å². The van der Waals surface area contributed by atoms with Crippen molar-refractivity contribution >= 4 is 5.97 Å². The van der Waals surface area contributed by atoms with E-state index in [-0.39, 0.29) is 12.2 Å². The fraction of sp³-hybridized carbons (Fsp3) is 0.333. The molecule has 0 amide bonds. The molecule has 9 nitrogen and oxygen atoms in total. The lowest BCUT2D eigenvalue weighted by atomic mass is 10.3. The second kappa shape index (κ2) is 6.99. The van der Waals surface area contributed by atoms with Crippen LogP contribution in [-0.2, 0) is 6.54 Å². The van der Waals surface area contributed by atoms with Crippen LogP contribution in [0.2, 0.25) is 0 Å². The fourth-order valence-electron chi connectivity index (χ4n) is 2.19. The minimum absolute atomic E-state index is 0.0910. The number of methoxy groups -OCH3 is 2. The summed E-state index contributed by atoms with van der Waals surface area (Å²) in [4.78, 5) is 35.9. The molecule has 9 heteroatoms. The highest BCUT2D eigenvalue weighted by Crippen LogP contribution is 2.28. The Morgan fingerprint density at radius 2 is 1.88 bits per heavy atom. The first kappa shape index (κ1) is 17.3. The fourth-order valence-corrected chi connectivity index (χ4v) is 2.19. The van der Waals surface area contributed by atoms with Gasteiger partial charge in [-0.25, -0.2) is 9.59 Å². The van der Waals surface area contributed by atoms with E-state index >= 15 is 0 Å². The van der Waals surface area contributed by atoms with Gasteiger partial charge < -0.3 is 14.6 Å². The number of ether oxygens (including phenoxy) is 2. The molecule has 0 fully saturated rings. The molecule has 128 valence electrons. The Morgan fingerprint density at radius 3 is 2.42 bits per heavy atom. The van der Waals surface area contributed by atoms with Crippen LogP contribution in [0.15, 0.2) is 27.8 Å². The molecule has 1 N–H and O–H groups in total. The Balaban J connectivity index is 2.77. The first-order chi connectivity index (χ1) is 11.4. The lowest BCUT2D eigenvalue weighted by Crippen LogP contribution is -2.44. The zero-order valence-corrected chi connectivity index (χ0v) is 13.5. The van der Waals surface area contributed by atoms with E-state index in [1.165, 1.54) is 26.4 Å². The summed E-state index contributed by atoms with van der Waals surface area (Å²) in [5, 5.41) is 12.9. The lowest BCUT2D eigenvalue weighted by molar-refractivity contribution is 0.0684. The molecule has 2 aromatic rings. The molecule has 1 aromatic heterocycles. The highest BCUT2D eigenvalue weighted by Gasteiger charge is 2.19. The normalized spacial score (nSPS) is 10.5. The molecule has 0 unspecified atom stereocenters. The molecule has 0 radical (unpaired) electrons. The summed E-state index contributed by atoms with van der Waals surface area (Å²) in [6.07, 6.45) is 0.490. The molecule has 0 saturated heterocycles. The van der Waals surface area contributed by atoms with Gasteiger partial charge in [-0.05, 0) is 18.6 Å². The standard InChI is InChI=1S/C15H17N3O6/c1-4-7-17-13(19)12(14(20)21)16-18(15(17)22)9-5-6-10(23-2)11(8-9)24-3/h5-6,8H,4,7H2,1-3H3,(H,20,21). The molecule has 0 saturated carbocycles. The number of nitrogens with zero attached hydrogens (tertiary/aromatic N) is 3. The van der Waals surface area contributed by atoms with Gasteiger partial charge in [-0.2, -0.15) is 9.78 Å². The van der Waals surface area contributed by atoms with E-state index in [0.717, 1.165) is 9.25 Å². The van der Waals surface area contributed by atoms with E-state index in [2.05, 4.69) is 5.10 Å². The van der Waals surface area contributed by atoms with Crippen molar-refractivity contribution < 1.29 is 19.4 Å². The van der Waals surface area contributed by atoms with Gasteiger partial charge in [-0.3, -0.25) is 9.36 Å². The molecular weight excluding hydrogens is 318 g/mol. The molecule has 2 rings (SSSR count). The van der Waals surface area contributed by atoms with Crippen LogP contribution < -0.4 is 20.7 Å². The number of hydrogen-bond acceptors (Lipinski definition) is 6. The topological polar surface area (TPSA) is 113 Å². The van der Waals surface area contributed by atoms with Crippen LogP contribution in [0.4, 0.5) is 0 Å². The highest BCUT2D eigenvalue weighted by molar-refractivity contribution is 5.84. The lowest BCUT2D eigenvalue weighted by Gasteiger charge is -2.12. The number of carbonyl (C=O) groups is 1. The van der Waals surface area contributed by atoms with Crippen LogP contribution in [0.1, 0.15) is 23.8 Å². The molecule has 0 aliphatic carbocycles. The summed E-state index contributed by atoms with van der Waals surface area (Å²) in [5.41, 5.74) is -2.12. The third kappa shape index (κ3) is 3.00. The van der Waals surface area contributed by atoms with Gasteiger partial charge in [0.2, 0.25) is 5.69 Å². The van der Waals surface area contributed by atoms with E-state index in [1.54, 1.807) is 13.0 Å². The van der Waals surface area contributed by atoms with Gasteiger partial charge in [0.1, 0.15) is 0 Å². The van der Waals surface area contributed by atoms with Crippen LogP contribution in [0.3, 0.4) is 0 Å². The molecule has 0 bridgehead atoms. The highest BCUT2D eigenvalue weighted by atomic mass is 16.5. The Morgan fingerprint density at radius 1 is 1.21 bits per heavy atom. The zero-order valence-electron chi connectivity index (χ0n) is 13.5. The number of aromatic carboxylic acids is 1. The van der Waals surface area contributed by atoms with E-state index in [1.807, 2.05) is 0 Å². The maximum Gasteiger partial charge on any atom is 0.362 e. The van der Waals surface area contributed by atoms with Gasteiger partial charge in [0.25, 0.3) is 5.56 Å². The Bertz CT molecular complexity index is 884. The average molecular weight is 335 g/mol. The van der Waals surface area contributed by atoms with Crippen molar-refractivity contribution in [3.63, 3.8) is 0 Å². The summed E-state index contributed by atoms with van der Waals surface area (Å²) < 4.78 is 12.0. The third-order valence-electron chi connectivity index (χ3n) is 3.32. The van der Waals surface area contributed by atoms with Crippen molar-refractivity contribution in [2.75, 3.05) is 14.2 Å². The first-order valence-corrected chi connectivity index (χ1v) is 7.14. The van der Waals surface area contributed by atoms with Crippen molar-refractivity contribution in [3.05, 3.63) is 44.7 Å². The number of carboxylic acid groups (broad SMARTS) is 1. The van der Waals surface area contributed by atoms with Crippen molar-refractivity contribution in [3.8, 4) is 17.2 Å². The number of aromatic nitrogens is 3. The maximum absolute atomic E-state index is 12.5. The van der Waals surface area contributed by atoms with Crippen LogP contribution in [-0.4, -0.2) is 39.6 Å². The second-order valence-corrected chi connectivity index (χ2v) is 4.84.